The Kier molecular flexibility index (Phi) is 2.96. The number of nitrogens with zero attached hydrogens (tertiary/aromatic N) is 3. The Morgan fingerprint density at radius 2 is 2.20 bits per heavy atom. The number of aromatic nitrogens is 4. The molecule has 3 rings (SSSR count). The zero-order valence-electron chi connectivity index (χ0n) is 10.2. The number of carbonyl (C=O) groups is 1. The molecule has 0 aliphatic carbocycles. The van der Waals surface area contributed by atoms with Gasteiger partial charge in [0, 0.05) is 0 Å². The molecule has 1 aromatic carbocycles. The van der Waals surface area contributed by atoms with Crippen LogP contribution in [0.15, 0.2) is 39.7 Å². The molecule has 0 fully saturated rings. The van der Waals surface area contributed by atoms with Gasteiger partial charge in [0.25, 0.3) is 0 Å². The van der Waals surface area contributed by atoms with Crippen LogP contribution in [0.3, 0.4) is 0 Å². The molecule has 2 heterocycles. The normalized spacial score (nSPS) is 10.6. The molecule has 0 saturated carbocycles. The topological polar surface area (TPSA) is 114 Å². The number of carbonyl (C=O) groups excluding carboxylic acids is 1. The minimum absolute atomic E-state index is 0.0806. The third kappa shape index (κ3) is 2.26. The van der Waals surface area contributed by atoms with Gasteiger partial charge in [0.05, 0.1) is 11.8 Å². The van der Waals surface area contributed by atoms with Crippen LogP contribution >= 0.6 is 0 Å². The molecular formula is C12H9N5O3. The fourth-order valence-electron chi connectivity index (χ4n) is 1.76. The van der Waals surface area contributed by atoms with Crippen LogP contribution in [-0.4, -0.2) is 26.5 Å². The Labute approximate surface area is 111 Å². The Balaban J connectivity index is 1.86. The lowest BCUT2D eigenvalue weighted by atomic mass is 10.2. The third-order valence-electron chi connectivity index (χ3n) is 2.66. The summed E-state index contributed by atoms with van der Waals surface area (Å²) in [7, 11) is 0. The molecule has 2 aromatic heterocycles. The number of fused-ring (bicyclic) bond motifs is 1. The maximum Gasteiger partial charge on any atom is 0.232 e. The second-order valence-electron chi connectivity index (χ2n) is 4.03. The first-order valence-electron chi connectivity index (χ1n) is 5.77. The summed E-state index contributed by atoms with van der Waals surface area (Å²) in [6.45, 7) is 0. The highest BCUT2D eigenvalue weighted by Gasteiger charge is 2.12. The van der Waals surface area contributed by atoms with Gasteiger partial charge in [-0.3, -0.25) is 9.59 Å². The molecule has 0 unspecified atom stereocenters. The minimum atomic E-state index is -0.422. The number of hydrogen-bond donors (Lipinski definition) is 2. The molecule has 0 aliphatic rings. The summed E-state index contributed by atoms with van der Waals surface area (Å²) in [4.78, 5) is 23.9. The van der Waals surface area contributed by atoms with Crippen molar-refractivity contribution in [2.75, 3.05) is 5.32 Å². The van der Waals surface area contributed by atoms with E-state index in [2.05, 4.69) is 25.9 Å². The molecule has 8 nitrogen and oxygen atoms in total. The van der Waals surface area contributed by atoms with Gasteiger partial charge in [0.1, 0.15) is 17.5 Å². The first-order chi connectivity index (χ1) is 9.74. The average molecular weight is 271 g/mol. The van der Waals surface area contributed by atoms with Gasteiger partial charge >= 0.3 is 0 Å². The first-order valence-corrected chi connectivity index (χ1v) is 5.77. The molecule has 0 bridgehead atoms. The fraction of sp³-hybridized carbons (Fsp3) is 0.0833. The van der Waals surface area contributed by atoms with E-state index in [1.165, 1.54) is 6.26 Å². The first kappa shape index (κ1) is 12.0. The lowest BCUT2D eigenvalue weighted by molar-refractivity contribution is -0.115. The number of anilines is 1. The molecule has 20 heavy (non-hydrogen) atoms. The van der Waals surface area contributed by atoms with E-state index in [0.717, 1.165) is 0 Å². The van der Waals surface area contributed by atoms with Crippen LogP contribution in [0.4, 0.5) is 5.69 Å². The maximum absolute atomic E-state index is 12.1. The van der Waals surface area contributed by atoms with Crippen molar-refractivity contribution in [1.82, 2.24) is 20.6 Å². The van der Waals surface area contributed by atoms with Crippen LogP contribution in [0.5, 0.6) is 0 Å². The van der Waals surface area contributed by atoms with Gasteiger partial charge in [-0.15, -0.1) is 10.2 Å². The molecular weight excluding hydrogens is 262 g/mol. The maximum atomic E-state index is 12.1. The van der Waals surface area contributed by atoms with Crippen LogP contribution in [0.2, 0.25) is 0 Å². The largest absolute Gasteiger partial charge is 0.462 e. The summed E-state index contributed by atoms with van der Waals surface area (Å²) in [5, 5.41) is 15.8. The van der Waals surface area contributed by atoms with Crippen LogP contribution in [-0.2, 0) is 11.2 Å². The molecule has 0 spiro atoms. The molecule has 1 amide bonds. The number of para-hydroxylation sites is 1. The summed E-state index contributed by atoms with van der Waals surface area (Å²) in [5.41, 5.74) is 0.249. The fourth-order valence-corrected chi connectivity index (χ4v) is 1.76. The van der Waals surface area contributed by atoms with Crippen molar-refractivity contribution in [3.05, 3.63) is 46.6 Å². The Hall–Kier alpha value is -3.03. The summed E-state index contributed by atoms with van der Waals surface area (Å²) >= 11 is 0. The Bertz CT molecular complexity index is 809. The number of aromatic amines is 1. The van der Waals surface area contributed by atoms with Crippen LogP contribution in [0.1, 0.15) is 5.82 Å². The zero-order valence-corrected chi connectivity index (χ0v) is 10.2. The van der Waals surface area contributed by atoms with Gasteiger partial charge in [-0.05, 0) is 12.1 Å². The summed E-state index contributed by atoms with van der Waals surface area (Å²) < 4.78 is 5.30. The van der Waals surface area contributed by atoms with E-state index >= 15 is 0 Å². The smallest absolute Gasteiger partial charge is 0.232 e. The van der Waals surface area contributed by atoms with E-state index in [9.17, 15) is 9.59 Å². The van der Waals surface area contributed by atoms with Gasteiger partial charge in [0.2, 0.25) is 11.3 Å². The van der Waals surface area contributed by atoms with Crippen molar-refractivity contribution >= 4 is 22.6 Å². The molecule has 100 valence electrons. The highest BCUT2D eigenvalue weighted by Crippen LogP contribution is 2.12. The van der Waals surface area contributed by atoms with E-state index in [0.29, 0.717) is 11.0 Å². The Morgan fingerprint density at radius 1 is 1.35 bits per heavy atom. The zero-order chi connectivity index (χ0) is 13.9. The number of nitrogens with one attached hydrogen (secondary N) is 2. The lowest BCUT2D eigenvalue weighted by Crippen LogP contribution is -2.20. The average Bonchev–Trinajstić information content (AvgIpc) is 2.95. The summed E-state index contributed by atoms with van der Waals surface area (Å²) in [5.74, 6) is -0.179. The van der Waals surface area contributed by atoms with Crippen LogP contribution < -0.4 is 10.7 Å². The predicted molar refractivity (Wildman–Crippen MR) is 69.0 cm³/mol. The summed E-state index contributed by atoms with van der Waals surface area (Å²) in [6, 6.07) is 6.81. The van der Waals surface area contributed by atoms with E-state index in [-0.39, 0.29) is 23.4 Å². The molecule has 0 aliphatic heterocycles. The monoisotopic (exact) mass is 271 g/mol. The third-order valence-corrected chi connectivity index (χ3v) is 2.66. The SMILES string of the molecule is O=C(Cc1nn[nH]n1)Nc1coc2ccccc2c1=O. The van der Waals surface area contributed by atoms with Gasteiger partial charge in [0.15, 0.2) is 5.82 Å². The molecule has 3 aromatic rings. The number of H-pyrrole nitrogens is 1. The second kappa shape index (κ2) is 4.92. The molecule has 0 atom stereocenters. The summed E-state index contributed by atoms with van der Waals surface area (Å²) in [6.07, 6.45) is 1.14. The number of amides is 1. The molecule has 2 N–H and O–H groups in total. The minimum Gasteiger partial charge on any atom is -0.462 e. The molecule has 0 radical (unpaired) electrons. The molecule has 8 heteroatoms. The van der Waals surface area contributed by atoms with Gasteiger partial charge < -0.3 is 9.73 Å². The Morgan fingerprint density at radius 3 is 3.00 bits per heavy atom. The van der Waals surface area contributed by atoms with Gasteiger partial charge in [-0.1, -0.05) is 17.3 Å². The van der Waals surface area contributed by atoms with Gasteiger partial charge in [-0.2, -0.15) is 5.21 Å². The standard InChI is InChI=1S/C12H9N5O3/c18-11(5-10-14-16-17-15-10)13-8-6-20-9-4-2-1-3-7(9)12(8)19/h1-4,6H,5H2,(H,13,18)(H,14,15,16,17). The number of benzene rings is 1. The van der Waals surface area contributed by atoms with E-state index in [1.807, 2.05) is 0 Å². The number of tetrazole rings is 1. The van der Waals surface area contributed by atoms with Crippen molar-refractivity contribution in [2.45, 2.75) is 6.42 Å². The van der Waals surface area contributed by atoms with Gasteiger partial charge in [-0.25, -0.2) is 0 Å². The van der Waals surface area contributed by atoms with Crippen molar-refractivity contribution in [3.8, 4) is 0 Å². The van der Waals surface area contributed by atoms with Crippen LogP contribution in [0.25, 0.3) is 11.0 Å². The highest BCUT2D eigenvalue weighted by molar-refractivity contribution is 5.93. The van der Waals surface area contributed by atoms with Crippen molar-refractivity contribution < 1.29 is 9.21 Å². The van der Waals surface area contributed by atoms with Crippen molar-refractivity contribution in [1.29, 1.82) is 0 Å². The highest BCUT2D eigenvalue weighted by atomic mass is 16.3. The number of rotatable bonds is 3. The second-order valence-corrected chi connectivity index (χ2v) is 4.03. The van der Waals surface area contributed by atoms with E-state index < -0.39 is 5.91 Å². The van der Waals surface area contributed by atoms with E-state index in [4.69, 9.17) is 4.42 Å². The number of hydrogen-bond acceptors (Lipinski definition) is 6. The van der Waals surface area contributed by atoms with Crippen molar-refractivity contribution in [3.63, 3.8) is 0 Å². The van der Waals surface area contributed by atoms with Crippen LogP contribution in [0, 0.1) is 0 Å². The lowest BCUT2D eigenvalue weighted by Gasteiger charge is -2.03. The van der Waals surface area contributed by atoms with Crippen molar-refractivity contribution in [2.24, 2.45) is 0 Å². The molecule has 0 saturated heterocycles. The quantitative estimate of drug-likeness (QED) is 0.716. The predicted octanol–water partition coefficient (Wildman–Crippen LogP) is 0.487. The van der Waals surface area contributed by atoms with E-state index in [1.54, 1.807) is 24.3 Å².